The van der Waals surface area contributed by atoms with Crippen LogP contribution in [0, 0.1) is 6.92 Å². The number of carbonyl (C=O) groups excluding carboxylic acids is 1. The molecule has 1 aromatic carbocycles. The second kappa shape index (κ2) is 9.38. The zero-order valence-electron chi connectivity index (χ0n) is 17.7. The topological polar surface area (TPSA) is 96.4 Å². The van der Waals surface area contributed by atoms with Crippen molar-refractivity contribution in [1.82, 2.24) is 24.8 Å². The molecule has 9 heteroatoms. The van der Waals surface area contributed by atoms with E-state index in [4.69, 9.17) is 4.74 Å². The largest absolute Gasteiger partial charge is 0.424 e. The third kappa shape index (κ3) is 5.06. The first-order valence-corrected chi connectivity index (χ1v) is 10.3. The fourth-order valence-corrected chi connectivity index (χ4v) is 3.44. The van der Waals surface area contributed by atoms with Gasteiger partial charge in [-0.2, -0.15) is 0 Å². The molecule has 0 aliphatic carbocycles. The second-order valence-electron chi connectivity index (χ2n) is 7.13. The molecule has 3 heterocycles. The van der Waals surface area contributed by atoms with Crippen LogP contribution >= 0.6 is 0 Å². The molecule has 1 aliphatic heterocycles. The van der Waals surface area contributed by atoms with E-state index in [1.165, 1.54) is 0 Å². The van der Waals surface area contributed by atoms with Crippen molar-refractivity contribution < 1.29 is 9.53 Å². The number of aryl methyl sites for hydroxylation is 1. The molecule has 0 bridgehead atoms. The summed E-state index contributed by atoms with van der Waals surface area (Å²) in [5.74, 6) is 2.94. The van der Waals surface area contributed by atoms with Crippen molar-refractivity contribution in [2.45, 2.75) is 13.8 Å². The average Bonchev–Trinajstić information content (AvgIpc) is 2.79. The van der Waals surface area contributed by atoms with Gasteiger partial charge in [0, 0.05) is 56.7 Å². The predicted octanol–water partition coefficient (Wildman–Crippen LogP) is 2.76. The van der Waals surface area contributed by atoms with Crippen LogP contribution < -0.4 is 15.0 Å². The fourth-order valence-electron chi connectivity index (χ4n) is 3.44. The van der Waals surface area contributed by atoms with Gasteiger partial charge in [0.25, 0.3) is 5.91 Å². The zero-order chi connectivity index (χ0) is 21.6. The van der Waals surface area contributed by atoms with Gasteiger partial charge in [-0.3, -0.25) is 4.79 Å². The molecule has 31 heavy (non-hydrogen) atoms. The van der Waals surface area contributed by atoms with E-state index in [0.717, 1.165) is 24.0 Å². The Hall–Kier alpha value is -3.75. The second-order valence-corrected chi connectivity index (χ2v) is 7.13. The monoisotopic (exact) mass is 419 g/mol. The van der Waals surface area contributed by atoms with E-state index in [9.17, 15) is 4.79 Å². The Kier molecular flexibility index (Phi) is 6.21. The summed E-state index contributed by atoms with van der Waals surface area (Å²) < 4.78 is 5.65. The van der Waals surface area contributed by atoms with Gasteiger partial charge in [-0.25, -0.2) is 19.9 Å². The van der Waals surface area contributed by atoms with Gasteiger partial charge in [-0.15, -0.1) is 0 Å². The Labute approximate surface area is 181 Å². The number of aromatic nitrogens is 4. The highest BCUT2D eigenvalue weighted by atomic mass is 16.5. The van der Waals surface area contributed by atoms with Crippen molar-refractivity contribution in [3.8, 4) is 11.8 Å². The SMILES string of the molecule is CCNc1cc(N2CCN(C(=O)c3cccc(Oc4ncccn4)c3)CC2)nc(C)n1. The number of nitrogens with one attached hydrogen (secondary N) is 1. The molecule has 4 rings (SSSR count). The van der Waals surface area contributed by atoms with Crippen molar-refractivity contribution in [2.24, 2.45) is 0 Å². The molecule has 0 atom stereocenters. The molecule has 0 radical (unpaired) electrons. The zero-order valence-corrected chi connectivity index (χ0v) is 17.7. The lowest BCUT2D eigenvalue weighted by Crippen LogP contribution is -2.49. The molecule has 160 valence electrons. The molecular weight excluding hydrogens is 394 g/mol. The van der Waals surface area contributed by atoms with Crippen molar-refractivity contribution in [1.29, 1.82) is 0 Å². The normalized spacial score (nSPS) is 13.7. The van der Waals surface area contributed by atoms with Crippen LogP contribution in [0.1, 0.15) is 23.1 Å². The molecule has 1 fully saturated rings. The third-order valence-electron chi connectivity index (χ3n) is 4.91. The van der Waals surface area contributed by atoms with Crippen LogP contribution in [0.4, 0.5) is 11.6 Å². The van der Waals surface area contributed by atoms with E-state index in [-0.39, 0.29) is 11.9 Å². The lowest BCUT2D eigenvalue weighted by molar-refractivity contribution is 0.0746. The van der Waals surface area contributed by atoms with Gasteiger partial charge in [-0.05, 0) is 38.1 Å². The number of carbonyl (C=O) groups is 1. The number of hydrogen-bond donors (Lipinski definition) is 1. The number of nitrogens with zero attached hydrogens (tertiary/aromatic N) is 6. The van der Waals surface area contributed by atoms with Crippen LogP contribution in [0.3, 0.4) is 0 Å². The summed E-state index contributed by atoms with van der Waals surface area (Å²) in [4.78, 5) is 34.1. The van der Waals surface area contributed by atoms with Crippen molar-refractivity contribution in [2.75, 3.05) is 42.9 Å². The van der Waals surface area contributed by atoms with Gasteiger partial charge >= 0.3 is 6.01 Å². The van der Waals surface area contributed by atoms with Crippen LogP contribution in [-0.2, 0) is 0 Å². The summed E-state index contributed by atoms with van der Waals surface area (Å²) in [6.07, 6.45) is 3.22. The lowest BCUT2D eigenvalue weighted by Gasteiger charge is -2.35. The number of ether oxygens (including phenoxy) is 1. The lowest BCUT2D eigenvalue weighted by atomic mass is 10.1. The summed E-state index contributed by atoms with van der Waals surface area (Å²) >= 11 is 0. The first kappa shape index (κ1) is 20.5. The number of amides is 1. The number of rotatable bonds is 6. The van der Waals surface area contributed by atoms with Gasteiger partial charge in [-0.1, -0.05) is 6.07 Å². The Morgan fingerprint density at radius 3 is 2.58 bits per heavy atom. The van der Waals surface area contributed by atoms with E-state index in [0.29, 0.717) is 37.5 Å². The van der Waals surface area contributed by atoms with Gasteiger partial charge in [0.1, 0.15) is 23.2 Å². The minimum absolute atomic E-state index is 0.0220. The molecule has 1 saturated heterocycles. The summed E-state index contributed by atoms with van der Waals surface area (Å²) in [5, 5.41) is 3.24. The molecule has 0 unspecified atom stereocenters. The highest BCUT2D eigenvalue weighted by molar-refractivity contribution is 5.94. The molecule has 1 aliphatic rings. The Balaban J connectivity index is 1.40. The van der Waals surface area contributed by atoms with Crippen molar-refractivity contribution >= 4 is 17.5 Å². The summed E-state index contributed by atoms with van der Waals surface area (Å²) in [5.41, 5.74) is 0.578. The highest BCUT2D eigenvalue weighted by Crippen LogP contribution is 2.21. The maximum atomic E-state index is 13.0. The quantitative estimate of drug-likeness (QED) is 0.652. The summed E-state index contributed by atoms with van der Waals surface area (Å²) in [6.45, 7) is 7.38. The van der Waals surface area contributed by atoms with E-state index in [1.54, 1.807) is 42.7 Å². The van der Waals surface area contributed by atoms with E-state index in [1.807, 2.05) is 24.8 Å². The van der Waals surface area contributed by atoms with Crippen LogP contribution in [0.15, 0.2) is 48.8 Å². The molecule has 1 N–H and O–H groups in total. The van der Waals surface area contributed by atoms with Gasteiger partial charge in [0.15, 0.2) is 0 Å². The summed E-state index contributed by atoms with van der Waals surface area (Å²) in [6, 6.07) is 11.0. The number of anilines is 2. The van der Waals surface area contributed by atoms with Crippen molar-refractivity contribution in [3.63, 3.8) is 0 Å². The van der Waals surface area contributed by atoms with Gasteiger partial charge in [0.05, 0.1) is 0 Å². The van der Waals surface area contributed by atoms with Gasteiger partial charge < -0.3 is 19.9 Å². The van der Waals surface area contributed by atoms with E-state index >= 15 is 0 Å². The first-order valence-electron chi connectivity index (χ1n) is 10.3. The smallest absolute Gasteiger partial charge is 0.321 e. The number of benzene rings is 1. The maximum absolute atomic E-state index is 13.0. The van der Waals surface area contributed by atoms with E-state index in [2.05, 4.69) is 30.2 Å². The third-order valence-corrected chi connectivity index (χ3v) is 4.91. The standard InChI is InChI=1S/C22H25N7O2/c1-3-23-19-15-20(27-16(2)26-19)28-10-12-29(13-11-28)21(30)17-6-4-7-18(14-17)31-22-24-8-5-9-25-22/h4-9,14-15H,3,10-13H2,1-2H3,(H,23,26,27). The minimum atomic E-state index is -0.0220. The van der Waals surface area contributed by atoms with E-state index < -0.39 is 0 Å². The van der Waals surface area contributed by atoms with Crippen LogP contribution in [0.25, 0.3) is 0 Å². The van der Waals surface area contributed by atoms with Crippen LogP contribution in [0.2, 0.25) is 0 Å². The number of hydrogen-bond acceptors (Lipinski definition) is 8. The Bertz CT molecular complexity index is 1040. The van der Waals surface area contributed by atoms with Crippen LogP contribution in [-0.4, -0.2) is 63.5 Å². The Morgan fingerprint density at radius 1 is 1.06 bits per heavy atom. The molecule has 0 saturated carbocycles. The van der Waals surface area contributed by atoms with Crippen molar-refractivity contribution in [3.05, 3.63) is 60.2 Å². The van der Waals surface area contributed by atoms with Crippen LogP contribution in [0.5, 0.6) is 11.8 Å². The highest BCUT2D eigenvalue weighted by Gasteiger charge is 2.23. The molecule has 9 nitrogen and oxygen atoms in total. The molecule has 1 amide bonds. The fraction of sp³-hybridized carbons (Fsp3) is 0.318. The average molecular weight is 419 g/mol. The molecular formula is C22H25N7O2. The minimum Gasteiger partial charge on any atom is -0.424 e. The molecule has 2 aromatic heterocycles. The van der Waals surface area contributed by atoms with Gasteiger partial charge in [0.2, 0.25) is 0 Å². The maximum Gasteiger partial charge on any atom is 0.321 e. The Morgan fingerprint density at radius 2 is 1.84 bits per heavy atom. The molecule has 3 aromatic rings. The predicted molar refractivity (Wildman–Crippen MR) is 118 cm³/mol. The first-order chi connectivity index (χ1) is 15.1. The number of piperazine rings is 1. The summed E-state index contributed by atoms with van der Waals surface area (Å²) in [7, 11) is 0. The molecule has 0 spiro atoms.